The lowest BCUT2D eigenvalue weighted by atomic mass is 9.92. The van der Waals surface area contributed by atoms with Crippen molar-refractivity contribution in [3.8, 4) is 22.3 Å². The molecule has 0 unspecified atom stereocenters. The maximum absolute atomic E-state index is 6.94. The first-order valence-corrected chi connectivity index (χ1v) is 20.5. The number of furan rings is 1. The molecule has 0 saturated carbocycles. The predicted molar refractivity (Wildman–Crippen MR) is 250 cm³/mol. The van der Waals surface area contributed by atoms with E-state index in [0.29, 0.717) is 0 Å². The van der Waals surface area contributed by atoms with Crippen molar-refractivity contribution < 1.29 is 4.42 Å². The molecule has 0 spiro atoms. The fraction of sp³-hybridized carbons (Fsp3) is 0.0357. The second-order valence-corrected chi connectivity index (χ2v) is 15.6. The summed E-state index contributed by atoms with van der Waals surface area (Å²) in [4.78, 5) is 2.40. The smallest absolute Gasteiger partial charge is 0.159 e. The van der Waals surface area contributed by atoms with E-state index < -0.39 is 0 Å². The quantitative estimate of drug-likeness (QED) is 0.169. The van der Waals surface area contributed by atoms with Crippen LogP contribution in [0.1, 0.15) is 12.8 Å². The summed E-state index contributed by atoms with van der Waals surface area (Å²) >= 11 is 0. The Balaban J connectivity index is 1.13. The Hall–Kier alpha value is -7.62. The number of fused-ring (bicyclic) bond motifs is 8. The van der Waals surface area contributed by atoms with Gasteiger partial charge in [0.1, 0.15) is 5.58 Å². The topological polar surface area (TPSA) is 21.3 Å². The molecule has 0 bridgehead atoms. The molecule has 12 rings (SSSR count). The number of rotatable bonds is 6. The number of nitrogens with zero attached hydrogens (tertiary/aromatic N) is 2. The summed E-state index contributed by atoms with van der Waals surface area (Å²) in [5.41, 5.74) is 13.2. The Morgan fingerprint density at radius 2 is 1.15 bits per heavy atom. The molecule has 2 heterocycles. The van der Waals surface area contributed by atoms with Crippen LogP contribution in [0.25, 0.3) is 93.2 Å². The molecule has 0 amide bonds. The Morgan fingerprint density at radius 1 is 0.441 bits per heavy atom. The molecule has 0 aliphatic heterocycles. The highest BCUT2D eigenvalue weighted by atomic mass is 16.3. The number of aromatic nitrogens is 1. The van der Waals surface area contributed by atoms with Crippen LogP contribution in [0.5, 0.6) is 0 Å². The molecule has 0 N–H and O–H groups in total. The molecule has 3 heteroatoms. The van der Waals surface area contributed by atoms with Crippen molar-refractivity contribution in [1.29, 1.82) is 0 Å². The average Bonchev–Trinajstić information content (AvgIpc) is 3.84. The summed E-state index contributed by atoms with van der Waals surface area (Å²) in [5, 5.41) is 9.48. The van der Waals surface area contributed by atoms with Crippen LogP contribution in [0.4, 0.5) is 17.1 Å². The van der Waals surface area contributed by atoms with E-state index >= 15 is 0 Å². The summed E-state index contributed by atoms with van der Waals surface area (Å²) in [6, 6.07) is 68.4. The summed E-state index contributed by atoms with van der Waals surface area (Å²) in [7, 11) is 0. The number of para-hydroxylation sites is 2. The molecule has 278 valence electrons. The van der Waals surface area contributed by atoms with Gasteiger partial charge in [-0.15, -0.1) is 0 Å². The predicted octanol–water partition coefficient (Wildman–Crippen LogP) is 16.0. The minimum atomic E-state index is 0.859. The highest BCUT2D eigenvalue weighted by Crippen LogP contribution is 2.47. The molecule has 0 radical (unpaired) electrons. The van der Waals surface area contributed by atoms with Gasteiger partial charge in [0.05, 0.1) is 16.7 Å². The summed E-state index contributed by atoms with van der Waals surface area (Å²) in [5.74, 6) is 0. The van der Waals surface area contributed by atoms with E-state index in [4.69, 9.17) is 4.42 Å². The lowest BCUT2D eigenvalue weighted by Gasteiger charge is -2.27. The highest BCUT2D eigenvalue weighted by Gasteiger charge is 2.23. The van der Waals surface area contributed by atoms with Gasteiger partial charge in [-0.2, -0.15) is 0 Å². The second kappa shape index (κ2) is 13.5. The Kier molecular flexibility index (Phi) is 7.67. The molecular formula is C56H38N2O. The monoisotopic (exact) mass is 754 g/mol. The van der Waals surface area contributed by atoms with Gasteiger partial charge in [0.2, 0.25) is 0 Å². The zero-order valence-corrected chi connectivity index (χ0v) is 32.3. The second-order valence-electron chi connectivity index (χ2n) is 15.6. The Bertz CT molecular complexity index is 3510. The van der Waals surface area contributed by atoms with Crippen LogP contribution >= 0.6 is 0 Å². The molecular weight excluding hydrogens is 717 g/mol. The van der Waals surface area contributed by atoms with Gasteiger partial charge in [0.25, 0.3) is 0 Å². The molecule has 0 fully saturated rings. The van der Waals surface area contributed by atoms with Crippen molar-refractivity contribution in [2.45, 2.75) is 12.8 Å². The van der Waals surface area contributed by atoms with E-state index in [2.05, 4.69) is 216 Å². The van der Waals surface area contributed by atoms with Gasteiger partial charge in [-0.1, -0.05) is 140 Å². The summed E-state index contributed by atoms with van der Waals surface area (Å²) in [6.07, 6.45) is 9.04. The van der Waals surface area contributed by atoms with Crippen molar-refractivity contribution in [3.63, 3.8) is 0 Å². The van der Waals surface area contributed by atoms with E-state index in [9.17, 15) is 0 Å². The molecule has 1 aliphatic carbocycles. The number of anilines is 3. The van der Waals surface area contributed by atoms with Gasteiger partial charge in [-0.3, -0.25) is 0 Å². The molecule has 0 atom stereocenters. The Labute approximate surface area is 342 Å². The van der Waals surface area contributed by atoms with E-state index in [1.807, 2.05) is 0 Å². The highest BCUT2D eigenvalue weighted by molar-refractivity contribution is 6.15. The van der Waals surface area contributed by atoms with E-state index in [-0.39, 0.29) is 0 Å². The third-order valence-electron chi connectivity index (χ3n) is 12.1. The molecule has 3 nitrogen and oxygen atoms in total. The molecule has 9 aromatic carbocycles. The van der Waals surface area contributed by atoms with E-state index in [0.717, 1.165) is 51.8 Å². The van der Waals surface area contributed by atoms with Crippen LogP contribution < -0.4 is 4.90 Å². The van der Waals surface area contributed by atoms with Crippen molar-refractivity contribution in [2.75, 3.05) is 4.90 Å². The first-order chi connectivity index (χ1) is 29.2. The van der Waals surface area contributed by atoms with Gasteiger partial charge >= 0.3 is 0 Å². The van der Waals surface area contributed by atoms with E-state index in [1.54, 1.807) is 0 Å². The lowest BCUT2D eigenvalue weighted by Crippen LogP contribution is -2.10. The SMILES string of the molecule is C1=CC(n2c3ccccc3c3cc(N(c4ccc(-c5ccc6ccccc6c5)c(-c5ccccc5)c4)c4cccc5c4oc4cc6ccccc6cc45)ccc32)=CCC1. The first-order valence-electron chi connectivity index (χ1n) is 20.5. The van der Waals surface area contributed by atoms with Crippen molar-refractivity contribution >= 4 is 88.0 Å². The minimum Gasteiger partial charge on any atom is -0.454 e. The number of allylic oxidation sites excluding steroid dienone is 4. The summed E-state index contributed by atoms with van der Waals surface area (Å²) in [6.45, 7) is 0. The summed E-state index contributed by atoms with van der Waals surface area (Å²) < 4.78 is 9.37. The van der Waals surface area contributed by atoms with Gasteiger partial charge in [-0.05, 0) is 123 Å². The van der Waals surface area contributed by atoms with Crippen LogP contribution in [0.15, 0.2) is 211 Å². The fourth-order valence-electron chi connectivity index (χ4n) is 9.35. The third kappa shape index (κ3) is 5.50. The van der Waals surface area contributed by atoms with Gasteiger partial charge in [0, 0.05) is 38.6 Å². The normalized spacial score (nSPS) is 13.0. The standard InChI is InChI=1S/C56H38N2O/c1-3-15-38(16-4-1)49-35-44(28-30-46(49)42-27-26-37-14-7-8-17-39(37)32-42)57(54-25-13-23-48-51-33-40-18-9-10-19-41(40)34-55(51)59-56(48)54)45-29-31-53-50(36-45)47-22-11-12-24-52(47)58(53)43-20-5-2-6-21-43/h1,3-5,7-36H,2,6H2. The fourth-order valence-corrected chi connectivity index (χ4v) is 9.35. The third-order valence-corrected chi connectivity index (χ3v) is 12.1. The van der Waals surface area contributed by atoms with Crippen molar-refractivity contribution in [1.82, 2.24) is 4.57 Å². The number of benzene rings is 9. The maximum atomic E-state index is 6.94. The van der Waals surface area contributed by atoms with Gasteiger partial charge in [-0.25, -0.2) is 0 Å². The molecule has 1 aliphatic rings. The van der Waals surface area contributed by atoms with Crippen molar-refractivity contribution in [2.24, 2.45) is 0 Å². The number of hydrogen-bond donors (Lipinski definition) is 0. The van der Waals surface area contributed by atoms with E-state index in [1.165, 1.54) is 71.3 Å². The molecule has 59 heavy (non-hydrogen) atoms. The van der Waals surface area contributed by atoms with Crippen molar-refractivity contribution in [3.05, 3.63) is 206 Å². The van der Waals surface area contributed by atoms with Crippen LogP contribution in [0, 0.1) is 0 Å². The Morgan fingerprint density at radius 3 is 2.00 bits per heavy atom. The number of hydrogen-bond acceptors (Lipinski definition) is 2. The zero-order valence-electron chi connectivity index (χ0n) is 32.3. The first kappa shape index (κ1) is 33.5. The molecule has 2 aromatic heterocycles. The van der Waals surface area contributed by atoms with Crippen LogP contribution in [0.2, 0.25) is 0 Å². The van der Waals surface area contributed by atoms with Crippen LogP contribution in [0.3, 0.4) is 0 Å². The van der Waals surface area contributed by atoms with Gasteiger partial charge < -0.3 is 13.9 Å². The average molecular weight is 755 g/mol. The van der Waals surface area contributed by atoms with Crippen LogP contribution in [-0.4, -0.2) is 4.57 Å². The van der Waals surface area contributed by atoms with Gasteiger partial charge in [0.15, 0.2) is 5.58 Å². The zero-order chi connectivity index (χ0) is 38.9. The lowest BCUT2D eigenvalue weighted by molar-refractivity contribution is 0.669. The molecule has 0 saturated heterocycles. The maximum Gasteiger partial charge on any atom is 0.159 e. The largest absolute Gasteiger partial charge is 0.454 e. The minimum absolute atomic E-state index is 0.859. The van der Waals surface area contributed by atoms with Crippen LogP contribution in [-0.2, 0) is 0 Å². The molecule has 11 aromatic rings.